The number of hydrazone groups is 1. The highest BCUT2D eigenvalue weighted by molar-refractivity contribution is 7.13. The van der Waals surface area contributed by atoms with Gasteiger partial charge in [-0.3, -0.25) is 15.5 Å². The van der Waals surface area contributed by atoms with E-state index in [9.17, 15) is 10.1 Å². The molecule has 9 heteroatoms. The van der Waals surface area contributed by atoms with E-state index in [4.69, 9.17) is 9.47 Å². The van der Waals surface area contributed by atoms with Gasteiger partial charge in [-0.1, -0.05) is 0 Å². The lowest BCUT2D eigenvalue weighted by Gasteiger charge is -2.08. The van der Waals surface area contributed by atoms with E-state index in [1.54, 1.807) is 0 Å². The molecule has 0 unspecified atom stereocenters. The van der Waals surface area contributed by atoms with Crippen molar-refractivity contribution in [3.63, 3.8) is 0 Å². The molecule has 2 rings (SSSR count). The molecule has 22 heavy (non-hydrogen) atoms. The molecular formula is C13H14N4O4S. The van der Waals surface area contributed by atoms with Crippen LogP contribution in [-0.4, -0.2) is 30.3 Å². The van der Waals surface area contributed by atoms with Gasteiger partial charge in [0.15, 0.2) is 11.5 Å². The largest absolute Gasteiger partial charge is 0.493 e. The van der Waals surface area contributed by atoms with E-state index in [1.807, 2.05) is 12.3 Å². The van der Waals surface area contributed by atoms with Crippen molar-refractivity contribution in [1.29, 1.82) is 0 Å². The molecule has 116 valence electrons. The molecule has 1 aromatic carbocycles. The number of methoxy groups -OCH3 is 2. The number of hydrogen-bond donors (Lipinski definition) is 1. The fourth-order valence-electron chi connectivity index (χ4n) is 1.71. The van der Waals surface area contributed by atoms with Gasteiger partial charge in [-0.2, -0.15) is 5.10 Å². The molecule has 1 N–H and O–H groups in total. The number of nitro groups is 1. The molecule has 0 aliphatic heterocycles. The Hall–Kier alpha value is -2.68. The van der Waals surface area contributed by atoms with Crippen LogP contribution in [0.5, 0.6) is 11.5 Å². The van der Waals surface area contributed by atoms with Gasteiger partial charge in [-0.05, 0) is 13.0 Å². The molecule has 0 amide bonds. The first-order valence-electron chi connectivity index (χ1n) is 6.16. The number of ether oxygens (including phenoxy) is 2. The van der Waals surface area contributed by atoms with Crippen molar-refractivity contribution < 1.29 is 14.4 Å². The summed E-state index contributed by atoms with van der Waals surface area (Å²) in [6, 6.07) is 2.79. The lowest BCUT2D eigenvalue weighted by molar-refractivity contribution is -0.385. The summed E-state index contributed by atoms with van der Waals surface area (Å²) in [5, 5.41) is 17.6. The highest BCUT2D eigenvalue weighted by Crippen LogP contribution is 2.33. The number of nitrogens with one attached hydrogen (secondary N) is 1. The van der Waals surface area contributed by atoms with Crippen LogP contribution in [0.25, 0.3) is 0 Å². The second-order valence-electron chi connectivity index (χ2n) is 4.19. The second kappa shape index (κ2) is 6.85. The van der Waals surface area contributed by atoms with E-state index in [1.165, 1.54) is 43.9 Å². The normalized spacial score (nSPS) is 10.7. The molecule has 1 heterocycles. The van der Waals surface area contributed by atoms with Crippen LogP contribution in [-0.2, 0) is 0 Å². The monoisotopic (exact) mass is 322 g/mol. The number of nitrogens with zero attached hydrogens (tertiary/aromatic N) is 3. The molecule has 0 spiro atoms. The van der Waals surface area contributed by atoms with E-state index < -0.39 is 4.92 Å². The highest BCUT2D eigenvalue weighted by atomic mass is 32.1. The third-order valence-electron chi connectivity index (χ3n) is 2.71. The first-order chi connectivity index (χ1) is 10.5. The van der Waals surface area contributed by atoms with Gasteiger partial charge in [-0.15, -0.1) is 11.3 Å². The van der Waals surface area contributed by atoms with Crippen LogP contribution >= 0.6 is 11.3 Å². The molecule has 0 saturated carbocycles. The van der Waals surface area contributed by atoms with E-state index in [2.05, 4.69) is 15.5 Å². The maximum atomic E-state index is 11.1. The number of rotatable bonds is 6. The molecule has 0 fully saturated rings. The number of hydrogen-bond acceptors (Lipinski definition) is 8. The molecule has 0 atom stereocenters. The molecule has 1 aromatic heterocycles. The predicted molar refractivity (Wildman–Crippen MR) is 84.3 cm³/mol. The second-order valence-corrected chi connectivity index (χ2v) is 5.05. The molecule has 0 saturated heterocycles. The van der Waals surface area contributed by atoms with Crippen molar-refractivity contribution in [3.05, 3.63) is 38.9 Å². The summed E-state index contributed by atoms with van der Waals surface area (Å²) in [4.78, 5) is 14.8. The maximum Gasteiger partial charge on any atom is 0.282 e. The van der Waals surface area contributed by atoms with Gasteiger partial charge < -0.3 is 9.47 Å². The van der Waals surface area contributed by atoms with Crippen LogP contribution in [0.3, 0.4) is 0 Å². The summed E-state index contributed by atoms with van der Waals surface area (Å²) in [7, 11) is 2.88. The third-order valence-corrected chi connectivity index (χ3v) is 3.58. The van der Waals surface area contributed by atoms with Gasteiger partial charge in [0.1, 0.15) is 0 Å². The number of thiazole rings is 1. The Balaban J connectivity index is 2.29. The zero-order chi connectivity index (χ0) is 16.1. The van der Waals surface area contributed by atoms with Gasteiger partial charge in [0.25, 0.3) is 5.69 Å². The summed E-state index contributed by atoms with van der Waals surface area (Å²) >= 11 is 1.39. The smallest absolute Gasteiger partial charge is 0.282 e. The van der Waals surface area contributed by atoms with Crippen LogP contribution in [0.15, 0.2) is 22.6 Å². The zero-order valence-electron chi connectivity index (χ0n) is 12.2. The van der Waals surface area contributed by atoms with Gasteiger partial charge >= 0.3 is 0 Å². The molecule has 0 bridgehead atoms. The number of benzene rings is 1. The number of aromatic nitrogens is 1. The number of anilines is 1. The number of aryl methyl sites for hydroxylation is 1. The van der Waals surface area contributed by atoms with Crippen LogP contribution in [0.2, 0.25) is 0 Å². The minimum atomic E-state index is -0.503. The van der Waals surface area contributed by atoms with Crippen molar-refractivity contribution in [2.75, 3.05) is 19.6 Å². The summed E-state index contributed by atoms with van der Waals surface area (Å²) in [5.74, 6) is 0.675. The lowest BCUT2D eigenvalue weighted by Crippen LogP contribution is -2.00. The fraction of sp³-hybridized carbons (Fsp3) is 0.231. The van der Waals surface area contributed by atoms with Crippen LogP contribution in [0.1, 0.15) is 11.3 Å². The average molecular weight is 322 g/mol. The Bertz CT molecular complexity index is 714. The Morgan fingerprint density at radius 2 is 2.05 bits per heavy atom. The molecule has 2 aromatic rings. The van der Waals surface area contributed by atoms with Crippen LogP contribution < -0.4 is 14.9 Å². The van der Waals surface area contributed by atoms with E-state index in [-0.39, 0.29) is 11.4 Å². The Morgan fingerprint density at radius 3 is 2.59 bits per heavy atom. The van der Waals surface area contributed by atoms with Gasteiger partial charge in [0, 0.05) is 5.38 Å². The molecular weight excluding hydrogens is 308 g/mol. The van der Waals surface area contributed by atoms with Crippen molar-refractivity contribution in [3.8, 4) is 11.5 Å². The van der Waals surface area contributed by atoms with E-state index >= 15 is 0 Å². The molecule has 0 aliphatic rings. The summed E-state index contributed by atoms with van der Waals surface area (Å²) in [6.07, 6.45) is 1.34. The molecule has 0 aliphatic carbocycles. The van der Waals surface area contributed by atoms with Crippen LogP contribution in [0.4, 0.5) is 10.8 Å². The maximum absolute atomic E-state index is 11.1. The SMILES string of the molecule is COc1cc(C=NNc2nc(C)cs2)c([N+](=O)[O-])cc1OC. The molecule has 8 nitrogen and oxygen atoms in total. The summed E-state index contributed by atoms with van der Waals surface area (Å²) in [6.45, 7) is 1.87. The zero-order valence-corrected chi connectivity index (χ0v) is 13.0. The summed E-state index contributed by atoms with van der Waals surface area (Å²) in [5.41, 5.74) is 3.77. The fourth-order valence-corrected chi connectivity index (χ4v) is 2.34. The average Bonchev–Trinajstić information content (AvgIpc) is 2.91. The van der Waals surface area contributed by atoms with Crippen molar-refractivity contribution in [2.24, 2.45) is 5.10 Å². The van der Waals surface area contributed by atoms with Crippen molar-refractivity contribution in [1.82, 2.24) is 4.98 Å². The Kier molecular flexibility index (Phi) is 4.89. The number of nitro benzene ring substituents is 1. The molecule has 0 radical (unpaired) electrons. The standard InChI is InChI=1S/C13H14N4O4S/c1-8-7-22-13(15-8)16-14-6-9-4-11(20-2)12(21-3)5-10(9)17(18)19/h4-7H,1-3H3,(H,15,16). The third kappa shape index (κ3) is 3.50. The quantitative estimate of drug-likeness (QED) is 0.499. The first-order valence-corrected chi connectivity index (χ1v) is 7.04. The van der Waals surface area contributed by atoms with Crippen molar-refractivity contribution in [2.45, 2.75) is 6.92 Å². The highest BCUT2D eigenvalue weighted by Gasteiger charge is 2.18. The van der Waals surface area contributed by atoms with Gasteiger partial charge in [0.2, 0.25) is 5.13 Å². The Morgan fingerprint density at radius 1 is 1.36 bits per heavy atom. The minimum absolute atomic E-state index is 0.126. The Labute approximate surface area is 130 Å². The van der Waals surface area contributed by atoms with E-state index in [0.29, 0.717) is 16.4 Å². The lowest BCUT2D eigenvalue weighted by atomic mass is 10.1. The van der Waals surface area contributed by atoms with E-state index in [0.717, 1.165) is 5.69 Å². The first kappa shape index (κ1) is 15.7. The topological polar surface area (TPSA) is 98.9 Å². The van der Waals surface area contributed by atoms with Gasteiger partial charge in [-0.25, -0.2) is 4.98 Å². The minimum Gasteiger partial charge on any atom is -0.493 e. The van der Waals surface area contributed by atoms with Crippen molar-refractivity contribution >= 4 is 28.4 Å². The van der Waals surface area contributed by atoms with Crippen LogP contribution in [0, 0.1) is 17.0 Å². The summed E-state index contributed by atoms with van der Waals surface area (Å²) < 4.78 is 10.2. The predicted octanol–water partition coefficient (Wildman–Crippen LogP) is 2.82. The van der Waals surface area contributed by atoms with Gasteiger partial charge in [0.05, 0.1) is 42.7 Å².